The standard InChI is InChI=1S/C14H13FN8O3/c1-25-7-10-11(18-22-23(10)13-12(16)20-26-21-13)14(24)19-17-6-8-4-2-3-5-9(8)15/h2-6H,7H2,1H3,(H2,16,20)(H,19,24). The molecule has 12 heteroatoms. The predicted molar refractivity (Wildman–Crippen MR) is 85.8 cm³/mol. The van der Waals surface area contributed by atoms with Crippen molar-refractivity contribution >= 4 is 17.9 Å². The molecule has 0 spiro atoms. The molecule has 0 bridgehead atoms. The maximum atomic E-state index is 13.5. The van der Waals surface area contributed by atoms with Gasteiger partial charge in [-0.3, -0.25) is 4.79 Å². The van der Waals surface area contributed by atoms with Gasteiger partial charge in [0.15, 0.2) is 5.69 Å². The topological polar surface area (TPSA) is 146 Å². The summed E-state index contributed by atoms with van der Waals surface area (Å²) in [7, 11) is 1.43. The van der Waals surface area contributed by atoms with Gasteiger partial charge in [0.05, 0.1) is 12.8 Å². The average molecular weight is 360 g/mol. The third-order valence-electron chi connectivity index (χ3n) is 3.23. The highest BCUT2D eigenvalue weighted by Crippen LogP contribution is 2.16. The third kappa shape index (κ3) is 3.39. The lowest BCUT2D eigenvalue weighted by molar-refractivity contribution is 0.0944. The Kier molecular flexibility index (Phi) is 4.94. The van der Waals surface area contributed by atoms with Gasteiger partial charge in [-0.05, 0) is 16.4 Å². The Morgan fingerprint density at radius 3 is 2.96 bits per heavy atom. The summed E-state index contributed by atoms with van der Waals surface area (Å²) in [5, 5.41) is 18.4. The number of ether oxygens (including phenoxy) is 1. The van der Waals surface area contributed by atoms with Gasteiger partial charge >= 0.3 is 0 Å². The van der Waals surface area contributed by atoms with E-state index in [1.165, 1.54) is 30.1 Å². The number of rotatable bonds is 6. The van der Waals surface area contributed by atoms with Crippen molar-refractivity contribution < 1.29 is 18.6 Å². The van der Waals surface area contributed by atoms with Crippen molar-refractivity contribution in [2.24, 2.45) is 5.10 Å². The number of halogens is 1. The van der Waals surface area contributed by atoms with Crippen molar-refractivity contribution in [1.82, 2.24) is 30.7 Å². The van der Waals surface area contributed by atoms with Crippen LogP contribution >= 0.6 is 0 Å². The van der Waals surface area contributed by atoms with Crippen LogP contribution in [0.15, 0.2) is 34.0 Å². The molecular weight excluding hydrogens is 347 g/mol. The number of hydrazone groups is 1. The van der Waals surface area contributed by atoms with Crippen molar-refractivity contribution in [3.63, 3.8) is 0 Å². The largest absolute Gasteiger partial charge is 0.378 e. The molecule has 0 aliphatic carbocycles. The molecule has 0 aliphatic rings. The van der Waals surface area contributed by atoms with E-state index in [4.69, 9.17) is 10.5 Å². The van der Waals surface area contributed by atoms with Crippen LogP contribution in [0, 0.1) is 5.82 Å². The molecule has 0 fully saturated rings. The third-order valence-corrected chi connectivity index (χ3v) is 3.23. The van der Waals surface area contributed by atoms with E-state index < -0.39 is 11.7 Å². The van der Waals surface area contributed by atoms with Crippen LogP contribution in [0.2, 0.25) is 0 Å². The minimum absolute atomic E-state index is 0.0148. The second-order valence-corrected chi connectivity index (χ2v) is 4.92. The first-order chi connectivity index (χ1) is 12.6. The van der Waals surface area contributed by atoms with Crippen molar-refractivity contribution in [1.29, 1.82) is 0 Å². The molecule has 134 valence electrons. The van der Waals surface area contributed by atoms with Crippen LogP contribution in [0.5, 0.6) is 0 Å². The molecule has 1 amide bonds. The molecule has 2 aromatic heterocycles. The summed E-state index contributed by atoms with van der Waals surface area (Å²) in [6, 6.07) is 5.98. The fourth-order valence-corrected chi connectivity index (χ4v) is 2.05. The highest BCUT2D eigenvalue weighted by Gasteiger charge is 2.23. The number of nitrogen functional groups attached to an aromatic ring is 1. The molecule has 26 heavy (non-hydrogen) atoms. The Hall–Kier alpha value is -3.67. The minimum atomic E-state index is -0.675. The number of anilines is 1. The van der Waals surface area contributed by atoms with Gasteiger partial charge in [-0.2, -0.15) is 9.78 Å². The van der Waals surface area contributed by atoms with E-state index >= 15 is 0 Å². The molecule has 0 radical (unpaired) electrons. The van der Waals surface area contributed by atoms with Gasteiger partial charge < -0.3 is 10.5 Å². The Balaban J connectivity index is 1.82. The number of nitrogens with one attached hydrogen (secondary N) is 1. The zero-order chi connectivity index (χ0) is 18.5. The molecule has 3 aromatic rings. The van der Waals surface area contributed by atoms with Gasteiger partial charge in [0, 0.05) is 12.7 Å². The van der Waals surface area contributed by atoms with Crippen LogP contribution in [-0.2, 0) is 11.3 Å². The SMILES string of the molecule is COCc1c(C(=O)NN=Cc2ccccc2F)nnn1-c1nonc1N. The van der Waals surface area contributed by atoms with Gasteiger partial charge in [-0.15, -0.1) is 5.10 Å². The summed E-state index contributed by atoms with van der Waals surface area (Å²) >= 11 is 0. The number of carbonyl (C=O) groups is 1. The molecule has 1 aromatic carbocycles. The smallest absolute Gasteiger partial charge is 0.293 e. The van der Waals surface area contributed by atoms with Crippen molar-refractivity contribution in [2.45, 2.75) is 6.61 Å². The highest BCUT2D eigenvalue weighted by atomic mass is 19.1. The van der Waals surface area contributed by atoms with Gasteiger partial charge in [0.2, 0.25) is 11.6 Å². The van der Waals surface area contributed by atoms with Gasteiger partial charge in [0.25, 0.3) is 5.91 Å². The van der Waals surface area contributed by atoms with Crippen molar-refractivity contribution in [2.75, 3.05) is 12.8 Å². The molecule has 2 heterocycles. The first-order valence-corrected chi connectivity index (χ1v) is 7.21. The second kappa shape index (κ2) is 7.48. The number of amides is 1. The Bertz CT molecular complexity index is 951. The molecule has 0 atom stereocenters. The number of aromatic nitrogens is 5. The van der Waals surface area contributed by atoms with Crippen LogP contribution in [0.25, 0.3) is 5.82 Å². The van der Waals surface area contributed by atoms with E-state index in [0.717, 1.165) is 0 Å². The molecule has 0 unspecified atom stereocenters. The monoisotopic (exact) mass is 360 g/mol. The first-order valence-electron chi connectivity index (χ1n) is 7.21. The van der Waals surface area contributed by atoms with Crippen LogP contribution < -0.4 is 11.2 Å². The summed E-state index contributed by atoms with van der Waals surface area (Å²) in [5.41, 5.74) is 8.28. The van der Waals surface area contributed by atoms with Crippen LogP contribution in [0.4, 0.5) is 10.2 Å². The Morgan fingerprint density at radius 1 is 1.46 bits per heavy atom. The lowest BCUT2D eigenvalue weighted by Crippen LogP contribution is -2.20. The predicted octanol–water partition coefficient (Wildman–Crippen LogP) is 0.282. The molecule has 0 saturated heterocycles. The van der Waals surface area contributed by atoms with Gasteiger partial charge in [-0.1, -0.05) is 23.4 Å². The fourth-order valence-electron chi connectivity index (χ4n) is 2.05. The van der Waals surface area contributed by atoms with Crippen LogP contribution in [0.1, 0.15) is 21.7 Å². The van der Waals surface area contributed by atoms with E-state index in [1.807, 2.05) is 0 Å². The number of hydrogen-bond acceptors (Lipinski definition) is 9. The molecule has 11 nitrogen and oxygen atoms in total. The maximum absolute atomic E-state index is 13.5. The second-order valence-electron chi connectivity index (χ2n) is 4.92. The number of methoxy groups -OCH3 is 1. The number of nitrogens with zero attached hydrogens (tertiary/aromatic N) is 6. The van der Waals surface area contributed by atoms with Crippen molar-refractivity contribution in [3.05, 3.63) is 47.0 Å². The van der Waals surface area contributed by atoms with Gasteiger partial charge in [0.1, 0.15) is 11.5 Å². The Labute approximate surface area is 145 Å². The highest BCUT2D eigenvalue weighted by molar-refractivity contribution is 5.94. The normalized spacial score (nSPS) is 11.2. The molecular formula is C14H13FN8O3. The van der Waals surface area contributed by atoms with E-state index in [2.05, 4.69) is 35.8 Å². The summed E-state index contributed by atoms with van der Waals surface area (Å²) < 4.78 is 24.3. The van der Waals surface area contributed by atoms with E-state index in [9.17, 15) is 9.18 Å². The summed E-state index contributed by atoms with van der Waals surface area (Å²) in [6.45, 7) is -0.0148. The van der Waals surface area contributed by atoms with E-state index in [-0.39, 0.29) is 35.2 Å². The molecule has 3 rings (SSSR count). The lowest BCUT2D eigenvalue weighted by Gasteiger charge is -2.03. The van der Waals surface area contributed by atoms with E-state index in [0.29, 0.717) is 0 Å². The zero-order valence-electron chi connectivity index (χ0n) is 13.5. The van der Waals surface area contributed by atoms with E-state index in [1.54, 1.807) is 12.1 Å². The van der Waals surface area contributed by atoms with Crippen LogP contribution in [-0.4, -0.2) is 44.5 Å². The molecule has 0 aliphatic heterocycles. The maximum Gasteiger partial charge on any atom is 0.293 e. The fraction of sp³-hybridized carbons (Fsp3) is 0.143. The minimum Gasteiger partial charge on any atom is -0.378 e. The number of carbonyl (C=O) groups excluding carboxylic acids is 1. The van der Waals surface area contributed by atoms with Crippen molar-refractivity contribution in [3.8, 4) is 5.82 Å². The first kappa shape index (κ1) is 17.2. The van der Waals surface area contributed by atoms with Gasteiger partial charge in [-0.25, -0.2) is 14.4 Å². The Morgan fingerprint density at radius 2 is 2.27 bits per heavy atom. The summed E-state index contributed by atoms with van der Waals surface area (Å²) in [6.07, 6.45) is 1.17. The summed E-state index contributed by atoms with van der Waals surface area (Å²) in [4.78, 5) is 12.3. The average Bonchev–Trinajstić information content (AvgIpc) is 3.23. The molecule has 0 saturated carbocycles. The summed E-state index contributed by atoms with van der Waals surface area (Å²) in [5.74, 6) is -1.10. The number of nitrogens with two attached hydrogens (primary N) is 1. The quantitative estimate of drug-likeness (QED) is 0.471. The molecule has 3 N–H and O–H groups in total. The number of hydrogen-bond donors (Lipinski definition) is 2. The number of benzene rings is 1. The lowest BCUT2D eigenvalue weighted by atomic mass is 10.2. The van der Waals surface area contributed by atoms with Crippen LogP contribution in [0.3, 0.4) is 0 Å². The zero-order valence-corrected chi connectivity index (χ0v) is 13.5.